The molecule has 1 amide bonds. The maximum atomic E-state index is 14.1. The summed E-state index contributed by atoms with van der Waals surface area (Å²) in [4.78, 5) is 47.1. The molecule has 0 radical (unpaired) electrons. The van der Waals surface area contributed by atoms with Gasteiger partial charge in [-0.3, -0.25) is 24.4 Å². The van der Waals surface area contributed by atoms with Gasteiger partial charge in [0, 0.05) is 17.7 Å². The zero-order valence-corrected chi connectivity index (χ0v) is 25.9. The van der Waals surface area contributed by atoms with E-state index >= 15 is 0 Å². The molecule has 0 bridgehead atoms. The molecule has 1 aromatic heterocycles. The molecule has 2 heterocycles. The Morgan fingerprint density at radius 3 is 2.17 bits per heavy atom. The highest BCUT2D eigenvalue weighted by Gasteiger charge is 2.35. The highest BCUT2D eigenvalue weighted by atomic mass is 35.5. The SMILES string of the molecule is Cc1nc2ccc(S(=O)(=O)Nc3c(Cl)cc([N+](=O)[O-])cc3Cl)cc2c(=O)n1N1C(=O)C(=Cc2ccccc2)N=C1c1ccccc1. The number of hydrogen-bond acceptors (Lipinski definition) is 8. The zero-order valence-electron chi connectivity index (χ0n) is 23.6. The molecule has 230 valence electrons. The number of aryl methyl sites for hydroxylation is 1. The minimum atomic E-state index is -4.43. The summed E-state index contributed by atoms with van der Waals surface area (Å²) in [7, 11) is -4.43. The lowest BCUT2D eigenvalue weighted by Gasteiger charge is -2.22. The molecule has 0 saturated carbocycles. The quantitative estimate of drug-likeness (QED) is 0.132. The van der Waals surface area contributed by atoms with Gasteiger partial charge in [-0.1, -0.05) is 83.9 Å². The monoisotopic (exact) mass is 674 g/mol. The number of aromatic nitrogens is 2. The van der Waals surface area contributed by atoms with Crippen molar-refractivity contribution in [2.24, 2.45) is 4.99 Å². The lowest BCUT2D eigenvalue weighted by atomic mass is 10.2. The molecule has 1 aliphatic heterocycles. The van der Waals surface area contributed by atoms with E-state index in [4.69, 9.17) is 23.2 Å². The summed E-state index contributed by atoms with van der Waals surface area (Å²) in [6.45, 7) is 1.54. The number of nitrogens with zero attached hydrogens (tertiary/aromatic N) is 5. The van der Waals surface area contributed by atoms with Gasteiger partial charge >= 0.3 is 0 Å². The number of fused-ring (bicyclic) bond motifs is 1. The number of non-ortho nitro benzene ring substituents is 1. The van der Waals surface area contributed by atoms with Gasteiger partial charge in [0.15, 0.2) is 5.84 Å². The van der Waals surface area contributed by atoms with Crippen LogP contribution in [0.4, 0.5) is 11.4 Å². The van der Waals surface area contributed by atoms with Crippen LogP contribution in [0, 0.1) is 17.0 Å². The van der Waals surface area contributed by atoms with Gasteiger partial charge in [-0.15, -0.1) is 0 Å². The number of carbonyl (C=O) groups excluding carboxylic acids is 1. The number of hydrogen-bond donors (Lipinski definition) is 1. The minimum Gasteiger partial charge on any atom is -0.277 e. The predicted octanol–water partition coefficient (Wildman–Crippen LogP) is 5.69. The number of rotatable bonds is 7. The van der Waals surface area contributed by atoms with Crippen LogP contribution >= 0.6 is 23.2 Å². The molecule has 5 aromatic rings. The lowest BCUT2D eigenvalue weighted by Crippen LogP contribution is -2.49. The van der Waals surface area contributed by atoms with Crippen molar-refractivity contribution in [3.63, 3.8) is 0 Å². The summed E-state index contributed by atoms with van der Waals surface area (Å²) in [6, 6.07) is 23.5. The first kappa shape index (κ1) is 30.6. The van der Waals surface area contributed by atoms with E-state index in [0.717, 1.165) is 33.4 Å². The molecule has 0 fully saturated rings. The molecular weight excluding hydrogens is 655 g/mol. The predicted molar refractivity (Wildman–Crippen MR) is 175 cm³/mol. The van der Waals surface area contributed by atoms with Crippen molar-refractivity contribution >= 4 is 73.3 Å². The van der Waals surface area contributed by atoms with Gasteiger partial charge in [0.2, 0.25) is 0 Å². The Balaban J connectivity index is 1.46. The highest BCUT2D eigenvalue weighted by Crippen LogP contribution is 2.36. The normalized spacial score (nSPS) is 14.2. The smallest absolute Gasteiger partial charge is 0.277 e. The standard InChI is InChI=1S/C31H20Cl2N6O6S/c1-18-34-26-13-12-22(46(44,45)36-28-24(32)15-21(39(42)43)16-25(28)33)17-23(26)30(40)37(18)38-29(20-10-6-3-7-11-20)35-27(31(38)41)14-19-8-4-2-5-9-19/h2-17,36H,1H3. The summed E-state index contributed by atoms with van der Waals surface area (Å²) in [5.74, 6) is -0.275. The maximum Gasteiger partial charge on any atom is 0.297 e. The van der Waals surface area contributed by atoms with E-state index in [-0.39, 0.29) is 48.9 Å². The Labute approximate surface area is 271 Å². The molecule has 1 aliphatic rings. The average Bonchev–Trinajstić information content (AvgIpc) is 3.34. The van der Waals surface area contributed by atoms with E-state index in [1.165, 1.54) is 12.1 Å². The number of aliphatic imine (C=N–C) groups is 1. The Hall–Kier alpha value is -5.37. The fourth-order valence-electron chi connectivity index (χ4n) is 4.80. The van der Waals surface area contributed by atoms with Crippen molar-refractivity contribution in [1.29, 1.82) is 0 Å². The average molecular weight is 676 g/mol. The number of nitrogens with one attached hydrogen (secondary N) is 1. The van der Waals surface area contributed by atoms with Gasteiger partial charge in [0.1, 0.15) is 11.5 Å². The zero-order chi connectivity index (χ0) is 32.7. The minimum absolute atomic E-state index is 0.0776. The second kappa shape index (κ2) is 11.9. The van der Waals surface area contributed by atoms with Gasteiger partial charge in [-0.05, 0) is 36.8 Å². The summed E-state index contributed by atoms with van der Waals surface area (Å²) < 4.78 is 30.1. The van der Waals surface area contributed by atoms with Gasteiger partial charge in [0.25, 0.3) is 27.2 Å². The number of anilines is 1. The van der Waals surface area contributed by atoms with Gasteiger partial charge in [-0.2, -0.15) is 9.69 Å². The molecule has 15 heteroatoms. The Morgan fingerprint density at radius 2 is 1.54 bits per heavy atom. The number of halogens is 2. The summed E-state index contributed by atoms with van der Waals surface area (Å²) >= 11 is 12.2. The van der Waals surface area contributed by atoms with Gasteiger partial charge < -0.3 is 0 Å². The van der Waals surface area contributed by atoms with Crippen LogP contribution in [0.2, 0.25) is 10.0 Å². The van der Waals surface area contributed by atoms with Crippen LogP contribution in [-0.4, -0.2) is 34.7 Å². The van der Waals surface area contributed by atoms with Crippen molar-refractivity contribution < 1.29 is 18.1 Å². The molecule has 6 rings (SSSR count). The number of nitro groups is 1. The second-order valence-corrected chi connectivity index (χ2v) is 12.5. The Bertz CT molecular complexity index is 2290. The Morgan fingerprint density at radius 1 is 0.913 bits per heavy atom. The van der Waals surface area contributed by atoms with Gasteiger partial charge in [-0.25, -0.2) is 18.4 Å². The first-order chi connectivity index (χ1) is 21.9. The molecule has 4 aromatic carbocycles. The van der Waals surface area contributed by atoms with Gasteiger partial charge in [0.05, 0.1) is 36.5 Å². The maximum absolute atomic E-state index is 14.1. The molecular formula is C31H20Cl2N6O6S. The number of amidine groups is 1. The van der Waals surface area contributed by atoms with E-state index in [2.05, 4.69) is 14.7 Å². The molecule has 12 nitrogen and oxygen atoms in total. The number of nitro benzene ring substituents is 1. The highest BCUT2D eigenvalue weighted by molar-refractivity contribution is 7.92. The third kappa shape index (κ3) is 5.62. The lowest BCUT2D eigenvalue weighted by molar-refractivity contribution is -0.384. The molecule has 0 atom stereocenters. The van der Waals surface area contributed by atoms with E-state index in [1.807, 2.05) is 30.3 Å². The first-order valence-corrected chi connectivity index (χ1v) is 15.6. The number of amides is 1. The van der Waals surface area contributed by atoms with E-state index in [0.29, 0.717) is 5.56 Å². The number of sulfonamides is 1. The Kier molecular flexibility index (Phi) is 7.90. The van der Waals surface area contributed by atoms with Crippen molar-refractivity contribution in [2.75, 3.05) is 9.73 Å². The summed E-state index contributed by atoms with van der Waals surface area (Å²) in [6.07, 6.45) is 1.60. The van der Waals surface area contributed by atoms with Crippen molar-refractivity contribution in [2.45, 2.75) is 11.8 Å². The molecule has 0 saturated heterocycles. The second-order valence-electron chi connectivity index (χ2n) is 9.96. The van der Waals surface area contributed by atoms with Crippen LogP contribution in [0.15, 0.2) is 111 Å². The molecule has 0 aliphatic carbocycles. The molecule has 46 heavy (non-hydrogen) atoms. The van der Waals surface area contributed by atoms with Crippen LogP contribution in [0.1, 0.15) is 17.0 Å². The van der Waals surface area contributed by atoms with Crippen molar-refractivity contribution in [3.05, 3.63) is 144 Å². The van der Waals surface area contributed by atoms with Crippen LogP contribution in [0.25, 0.3) is 17.0 Å². The van der Waals surface area contributed by atoms with Crippen LogP contribution in [0.3, 0.4) is 0 Å². The van der Waals surface area contributed by atoms with Crippen LogP contribution in [-0.2, 0) is 14.8 Å². The first-order valence-electron chi connectivity index (χ1n) is 13.4. The van der Waals surface area contributed by atoms with E-state index < -0.39 is 32.1 Å². The van der Waals surface area contributed by atoms with Crippen molar-refractivity contribution in [1.82, 2.24) is 9.66 Å². The summed E-state index contributed by atoms with van der Waals surface area (Å²) in [5, 5.41) is 11.5. The fourth-order valence-corrected chi connectivity index (χ4v) is 6.61. The van der Waals surface area contributed by atoms with E-state index in [1.54, 1.807) is 43.3 Å². The largest absolute Gasteiger partial charge is 0.297 e. The third-order valence-corrected chi connectivity index (χ3v) is 8.88. The number of carbonyl (C=O) groups is 1. The fraction of sp³-hybridized carbons (Fsp3) is 0.0323. The topological polar surface area (TPSA) is 157 Å². The van der Waals surface area contributed by atoms with Crippen molar-refractivity contribution in [3.8, 4) is 0 Å². The summed E-state index contributed by atoms with van der Waals surface area (Å²) in [5.41, 5.74) is 0.0860. The van der Waals surface area contributed by atoms with Crippen LogP contribution in [0.5, 0.6) is 0 Å². The molecule has 0 spiro atoms. The number of benzene rings is 4. The molecule has 1 N–H and O–H groups in total. The molecule has 0 unspecified atom stereocenters. The van der Waals surface area contributed by atoms with E-state index in [9.17, 15) is 28.1 Å². The van der Waals surface area contributed by atoms with Crippen LogP contribution < -0.4 is 15.3 Å². The third-order valence-electron chi connectivity index (χ3n) is 6.94.